The van der Waals surface area contributed by atoms with Crippen molar-refractivity contribution in [2.45, 2.75) is 13.3 Å². The fourth-order valence-corrected chi connectivity index (χ4v) is 2.19. The molecule has 0 bridgehead atoms. The average Bonchev–Trinajstić information content (AvgIpc) is 2.70. The van der Waals surface area contributed by atoms with E-state index in [1.807, 2.05) is 6.92 Å². The molecule has 2 rings (SSSR count). The van der Waals surface area contributed by atoms with Gasteiger partial charge in [-0.2, -0.15) is 0 Å². The smallest absolute Gasteiger partial charge is 0.338 e. The Labute approximate surface area is 155 Å². The van der Waals surface area contributed by atoms with Gasteiger partial charge >= 0.3 is 5.97 Å². The standard InChI is InChI=1S/C19H19NO7/c1-3-10-26-17-9-6-14(11-18(17)25-2)19(22)27-12-16(21)13-4-7-15(8-5-13)20(23)24/h4-9,11H,3,10,12H2,1-2H3. The van der Waals surface area contributed by atoms with Crippen molar-refractivity contribution in [3.63, 3.8) is 0 Å². The van der Waals surface area contributed by atoms with Crippen LogP contribution in [-0.4, -0.2) is 37.0 Å². The van der Waals surface area contributed by atoms with Crippen LogP contribution in [0, 0.1) is 10.1 Å². The summed E-state index contributed by atoms with van der Waals surface area (Å²) in [7, 11) is 1.46. The van der Waals surface area contributed by atoms with Crippen LogP contribution in [0.4, 0.5) is 5.69 Å². The van der Waals surface area contributed by atoms with Gasteiger partial charge in [-0.1, -0.05) is 6.92 Å². The molecule has 0 heterocycles. The number of esters is 1. The van der Waals surface area contributed by atoms with Gasteiger partial charge in [0, 0.05) is 17.7 Å². The first-order chi connectivity index (χ1) is 13.0. The van der Waals surface area contributed by atoms with Crippen LogP contribution in [0.5, 0.6) is 11.5 Å². The molecule has 8 nitrogen and oxygen atoms in total. The van der Waals surface area contributed by atoms with E-state index in [2.05, 4.69) is 0 Å². The molecule has 27 heavy (non-hydrogen) atoms. The summed E-state index contributed by atoms with van der Waals surface area (Å²) in [4.78, 5) is 34.3. The number of Topliss-reactive ketones (excluding diaryl/α,β-unsaturated/α-hetero) is 1. The quantitative estimate of drug-likeness (QED) is 0.287. The summed E-state index contributed by atoms with van der Waals surface area (Å²) >= 11 is 0. The number of hydrogen-bond acceptors (Lipinski definition) is 7. The molecule has 0 spiro atoms. The van der Waals surface area contributed by atoms with Crippen LogP contribution in [-0.2, 0) is 4.74 Å². The van der Waals surface area contributed by atoms with Crippen molar-refractivity contribution in [1.29, 1.82) is 0 Å². The minimum Gasteiger partial charge on any atom is -0.493 e. The Bertz CT molecular complexity index is 830. The zero-order chi connectivity index (χ0) is 19.8. The number of rotatable bonds is 9. The molecule has 142 valence electrons. The third-order valence-electron chi connectivity index (χ3n) is 3.60. The Hall–Kier alpha value is -3.42. The van der Waals surface area contributed by atoms with Crippen molar-refractivity contribution >= 4 is 17.4 Å². The lowest BCUT2D eigenvalue weighted by Gasteiger charge is -2.11. The molecule has 0 N–H and O–H groups in total. The van der Waals surface area contributed by atoms with E-state index in [4.69, 9.17) is 14.2 Å². The summed E-state index contributed by atoms with van der Waals surface area (Å²) in [6.07, 6.45) is 0.831. The summed E-state index contributed by atoms with van der Waals surface area (Å²) in [5.74, 6) is -0.254. The lowest BCUT2D eigenvalue weighted by molar-refractivity contribution is -0.384. The molecule has 0 atom stereocenters. The van der Waals surface area contributed by atoms with E-state index >= 15 is 0 Å². The van der Waals surface area contributed by atoms with Crippen LogP contribution in [0.25, 0.3) is 0 Å². The van der Waals surface area contributed by atoms with E-state index in [9.17, 15) is 19.7 Å². The fourth-order valence-electron chi connectivity index (χ4n) is 2.19. The SMILES string of the molecule is CCCOc1ccc(C(=O)OCC(=O)c2ccc([N+](=O)[O-])cc2)cc1OC. The van der Waals surface area contributed by atoms with Gasteiger partial charge < -0.3 is 14.2 Å². The molecular formula is C19H19NO7. The van der Waals surface area contributed by atoms with Gasteiger partial charge in [0.15, 0.2) is 23.9 Å². The lowest BCUT2D eigenvalue weighted by atomic mass is 10.1. The third-order valence-corrected chi connectivity index (χ3v) is 3.60. The Morgan fingerprint density at radius 2 is 1.70 bits per heavy atom. The molecule has 2 aromatic carbocycles. The molecule has 0 aliphatic heterocycles. The number of benzene rings is 2. The number of methoxy groups -OCH3 is 1. The maximum absolute atomic E-state index is 12.2. The summed E-state index contributed by atoms with van der Waals surface area (Å²) in [6, 6.07) is 9.66. The number of non-ortho nitro benzene ring substituents is 1. The first-order valence-electron chi connectivity index (χ1n) is 8.22. The largest absolute Gasteiger partial charge is 0.493 e. The number of nitro groups is 1. The summed E-state index contributed by atoms with van der Waals surface area (Å²) in [5.41, 5.74) is 0.308. The maximum Gasteiger partial charge on any atom is 0.338 e. The molecule has 0 saturated carbocycles. The zero-order valence-corrected chi connectivity index (χ0v) is 15.0. The first kappa shape index (κ1) is 19.9. The molecule has 0 radical (unpaired) electrons. The van der Waals surface area contributed by atoms with E-state index in [1.165, 1.54) is 43.5 Å². The number of carbonyl (C=O) groups is 2. The second-order valence-electron chi connectivity index (χ2n) is 5.52. The minimum absolute atomic E-state index is 0.124. The Morgan fingerprint density at radius 3 is 2.30 bits per heavy atom. The number of hydrogen-bond donors (Lipinski definition) is 0. The molecular weight excluding hydrogens is 354 g/mol. The molecule has 0 unspecified atom stereocenters. The molecule has 0 aromatic heterocycles. The van der Waals surface area contributed by atoms with Gasteiger partial charge in [-0.25, -0.2) is 4.79 Å². The number of ether oxygens (including phenoxy) is 3. The average molecular weight is 373 g/mol. The van der Waals surface area contributed by atoms with Crippen LogP contribution in [0.2, 0.25) is 0 Å². The van der Waals surface area contributed by atoms with Crippen LogP contribution >= 0.6 is 0 Å². The zero-order valence-electron chi connectivity index (χ0n) is 15.0. The predicted molar refractivity (Wildman–Crippen MR) is 96.5 cm³/mol. The number of nitro benzene ring substituents is 1. The summed E-state index contributed by atoms with van der Waals surface area (Å²) < 4.78 is 15.7. The van der Waals surface area contributed by atoms with Gasteiger partial charge in [0.2, 0.25) is 0 Å². The maximum atomic E-state index is 12.2. The second kappa shape index (κ2) is 9.33. The van der Waals surface area contributed by atoms with Crippen LogP contribution < -0.4 is 9.47 Å². The molecule has 0 saturated heterocycles. The van der Waals surface area contributed by atoms with E-state index in [0.717, 1.165) is 6.42 Å². The highest BCUT2D eigenvalue weighted by Crippen LogP contribution is 2.28. The topological polar surface area (TPSA) is 105 Å². The second-order valence-corrected chi connectivity index (χ2v) is 5.52. The molecule has 0 aliphatic rings. The minimum atomic E-state index is -0.689. The van der Waals surface area contributed by atoms with Crippen molar-refractivity contribution in [2.24, 2.45) is 0 Å². The number of nitrogens with zero attached hydrogens (tertiary/aromatic N) is 1. The van der Waals surface area contributed by atoms with E-state index in [-0.39, 0.29) is 16.8 Å². The van der Waals surface area contributed by atoms with Crippen LogP contribution in [0.15, 0.2) is 42.5 Å². The fraction of sp³-hybridized carbons (Fsp3) is 0.263. The molecule has 0 amide bonds. The van der Waals surface area contributed by atoms with Crippen molar-refractivity contribution in [3.8, 4) is 11.5 Å². The van der Waals surface area contributed by atoms with Crippen molar-refractivity contribution < 1.29 is 28.7 Å². The monoisotopic (exact) mass is 373 g/mol. The predicted octanol–water partition coefficient (Wildman–Crippen LogP) is 3.43. The van der Waals surface area contributed by atoms with Crippen molar-refractivity contribution in [1.82, 2.24) is 0 Å². The molecule has 2 aromatic rings. The van der Waals surface area contributed by atoms with E-state index in [0.29, 0.717) is 18.1 Å². The Balaban J connectivity index is 2.00. The molecule has 0 aliphatic carbocycles. The first-order valence-corrected chi connectivity index (χ1v) is 8.22. The van der Waals surface area contributed by atoms with E-state index in [1.54, 1.807) is 6.07 Å². The van der Waals surface area contributed by atoms with E-state index < -0.39 is 23.3 Å². The Kier molecular flexibility index (Phi) is 6.87. The molecule has 0 fully saturated rings. The summed E-state index contributed by atoms with van der Waals surface area (Å²) in [6.45, 7) is 2.01. The van der Waals surface area contributed by atoms with Gasteiger partial charge in [-0.3, -0.25) is 14.9 Å². The number of carbonyl (C=O) groups excluding carboxylic acids is 2. The highest BCUT2D eigenvalue weighted by atomic mass is 16.6. The summed E-state index contributed by atoms with van der Waals surface area (Å²) in [5, 5.41) is 10.6. The third kappa shape index (κ3) is 5.27. The van der Waals surface area contributed by atoms with Crippen LogP contribution in [0.3, 0.4) is 0 Å². The van der Waals surface area contributed by atoms with Crippen molar-refractivity contribution in [2.75, 3.05) is 20.3 Å². The normalized spacial score (nSPS) is 10.1. The highest BCUT2D eigenvalue weighted by molar-refractivity contribution is 5.99. The Morgan fingerprint density at radius 1 is 1.04 bits per heavy atom. The van der Waals surface area contributed by atoms with Gasteiger partial charge in [0.05, 0.1) is 24.2 Å². The molecule has 8 heteroatoms. The lowest BCUT2D eigenvalue weighted by Crippen LogP contribution is -2.14. The van der Waals surface area contributed by atoms with Gasteiger partial charge in [-0.15, -0.1) is 0 Å². The van der Waals surface area contributed by atoms with Crippen molar-refractivity contribution in [3.05, 3.63) is 63.7 Å². The van der Waals surface area contributed by atoms with Gasteiger partial charge in [0.1, 0.15) is 0 Å². The number of ketones is 1. The van der Waals surface area contributed by atoms with Gasteiger partial charge in [-0.05, 0) is 36.8 Å². The highest BCUT2D eigenvalue weighted by Gasteiger charge is 2.15. The van der Waals surface area contributed by atoms with Crippen LogP contribution in [0.1, 0.15) is 34.1 Å². The van der Waals surface area contributed by atoms with Gasteiger partial charge in [0.25, 0.3) is 5.69 Å².